The minimum atomic E-state index is 0.281. The first-order valence-electron chi connectivity index (χ1n) is 8.75. The van der Waals surface area contributed by atoms with Crippen LogP contribution in [-0.4, -0.2) is 13.2 Å². The second-order valence-corrected chi connectivity index (χ2v) is 7.81. The van der Waals surface area contributed by atoms with Crippen LogP contribution in [0, 0.1) is 35.5 Å². The Morgan fingerprint density at radius 2 is 2.05 bits per heavy atom. The highest BCUT2D eigenvalue weighted by Gasteiger charge is 2.57. The van der Waals surface area contributed by atoms with Crippen LogP contribution in [0.5, 0.6) is 0 Å². The summed E-state index contributed by atoms with van der Waals surface area (Å²) < 4.78 is 6.02. The first-order valence-corrected chi connectivity index (χ1v) is 8.75. The van der Waals surface area contributed by atoms with E-state index in [0.717, 1.165) is 18.3 Å². The van der Waals surface area contributed by atoms with Gasteiger partial charge in [0.25, 0.3) is 0 Å². The number of terminal acetylenes is 1. The third-order valence-electron chi connectivity index (χ3n) is 7.09. The van der Waals surface area contributed by atoms with Gasteiger partial charge in [-0.2, -0.15) is 0 Å². The van der Waals surface area contributed by atoms with Gasteiger partial charge >= 0.3 is 0 Å². The topological polar surface area (TPSA) is 9.23 Å². The van der Waals surface area contributed by atoms with Gasteiger partial charge < -0.3 is 4.74 Å². The van der Waals surface area contributed by atoms with Crippen LogP contribution in [0.3, 0.4) is 0 Å². The molecule has 0 radical (unpaired) electrons. The fourth-order valence-electron chi connectivity index (χ4n) is 6.07. The number of hydrogen-bond donors (Lipinski definition) is 0. The predicted octanol–water partition coefficient (Wildman–Crippen LogP) is 4.42. The first kappa shape index (κ1) is 14.3. The average Bonchev–Trinajstić information content (AvgIpc) is 2.89. The molecule has 1 aromatic carbocycles. The summed E-state index contributed by atoms with van der Waals surface area (Å²) in [5.74, 6) is 5.64. The number of hydrogen-bond acceptors (Lipinski definition) is 1. The minimum absolute atomic E-state index is 0.281. The molecule has 22 heavy (non-hydrogen) atoms. The van der Waals surface area contributed by atoms with Gasteiger partial charge in [0.2, 0.25) is 0 Å². The summed E-state index contributed by atoms with van der Waals surface area (Å²) >= 11 is 0. The summed E-state index contributed by atoms with van der Waals surface area (Å²) in [4.78, 5) is 0. The molecule has 1 heteroatoms. The van der Waals surface area contributed by atoms with Crippen molar-refractivity contribution in [1.29, 1.82) is 0 Å². The van der Waals surface area contributed by atoms with Crippen LogP contribution in [0.1, 0.15) is 49.7 Å². The number of rotatable bonds is 1. The Labute approximate surface area is 134 Å². The summed E-state index contributed by atoms with van der Waals surface area (Å²) in [6.07, 6.45) is 12.4. The van der Waals surface area contributed by atoms with E-state index in [1.54, 1.807) is 11.1 Å². The van der Waals surface area contributed by atoms with Crippen LogP contribution in [-0.2, 0) is 11.2 Å². The molecule has 0 heterocycles. The molecule has 0 saturated heterocycles. The quantitative estimate of drug-likeness (QED) is 0.697. The van der Waals surface area contributed by atoms with E-state index in [9.17, 15) is 0 Å². The maximum Gasteiger partial charge on any atom is 0.0648 e. The fraction of sp³-hybridized carbons (Fsp3) is 0.619. The highest BCUT2D eigenvalue weighted by molar-refractivity contribution is 5.36. The third-order valence-corrected chi connectivity index (χ3v) is 7.09. The van der Waals surface area contributed by atoms with Gasteiger partial charge in [-0.25, -0.2) is 0 Å². The number of ether oxygens (including phenoxy) is 1. The first-order chi connectivity index (χ1) is 10.7. The van der Waals surface area contributed by atoms with E-state index in [1.807, 2.05) is 7.11 Å². The minimum Gasteiger partial charge on any atom is -0.381 e. The lowest BCUT2D eigenvalue weighted by molar-refractivity contribution is -0.0660. The summed E-state index contributed by atoms with van der Waals surface area (Å²) in [5, 5.41) is 0. The Balaban J connectivity index is 1.78. The Kier molecular flexibility index (Phi) is 3.35. The van der Waals surface area contributed by atoms with Gasteiger partial charge in [0.15, 0.2) is 0 Å². The van der Waals surface area contributed by atoms with Gasteiger partial charge in [-0.05, 0) is 60.5 Å². The van der Waals surface area contributed by atoms with Crippen LogP contribution in [0.2, 0.25) is 0 Å². The summed E-state index contributed by atoms with van der Waals surface area (Å²) in [7, 11) is 1.89. The SMILES string of the molecule is C#C[C@H]1CC[C@H]2[C@@H]3CCc4ccccc4[C@H]3[C@@H](OC)C[C@]12C. The Morgan fingerprint density at radius 3 is 2.82 bits per heavy atom. The molecule has 0 amide bonds. The molecule has 3 aliphatic carbocycles. The number of aryl methyl sites for hydroxylation is 1. The molecule has 1 nitrogen and oxygen atoms in total. The Morgan fingerprint density at radius 1 is 1.23 bits per heavy atom. The Hall–Kier alpha value is -1.26. The second kappa shape index (κ2) is 5.14. The smallest absolute Gasteiger partial charge is 0.0648 e. The Bertz CT molecular complexity index is 613. The molecule has 1 aromatic rings. The molecular weight excluding hydrogens is 268 g/mol. The second-order valence-electron chi connectivity index (χ2n) is 7.81. The highest BCUT2D eigenvalue weighted by Crippen LogP contribution is 2.63. The zero-order chi connectivity index (χ0) is 15.3. The fourth-order valence-corrected chi connectivity index (χ4v) is 6.07. The molecule has 4 rings (SSSR count). The molecule has 0 aromatic heterocycles. The largest absolute Gasteiger partial charge is 0.381 e. The zero-order valence-corrected chi connectivity index (χ0v) is 13.7. The van der Waals surface area contributed by atoms with Crippen LogP contribution in [0.4, 0.5) is 0 Å². The molecular formula is C21H26O. The normalized spacial score (nSPS) is 42.9. The van der Waals surface area contributed by atoms with Gasteiger partial charge in [-0.15, -0.1) is 12.3 Å². The lowest BCUT2D eigenvalue weighted by Gasteiger charge is -2.53. The van der Waals surface area contributed by atoms with Crippen molar-refractivity contribution >= 4 is 0 Å². The summed E-state index contributed by atoms with van der Waals surface area (Å²) in [5.41, 5.74) is 3.38. The molecule has 2 fully saturated rings. The van der Waals surface area contributed by atoms with Crippen molar-refractivity contribution in [3.05, 3.63) is 35.4 Å². The van der Waals surface area contributed by atoms with Crippen molar-refractivity contribution in [2.45, 2.75) is 51.0 Å². The maximum atomic E-state index is 6.02. The van der Waals surface area contributed by atoms with Gasteiger partial charge in [0.05, 0.1) is 6.10 Å². The van der Waals surface area contributed by atoms with Gasteiger partial charge in [-0.1, -0.05) is 31.2 Å². The average molecular weight is 294 g/mol. The van der Waals surface area contributed by atoms with Crippen LogP contribution < -0.4 is 0 Å². The monoisotopic (exact) mass is 294 g/mol. The molecule has 6 atom stereocenters. The zero-order valence-electron chi connectivity index (χ0n) is 13.7. The van der Waals surface area contributed by atoms with Crippen molar-refractivity contribution in [2.75, 3.05) is 7.11 Å². The van der Waals surface area contributed by atoms with E-state index < -0.39 is 0 Å². The maximum absolute atomic E-state index is 6.02. The lowest BCUT2D eigenvalue weighted by Crippen LogP contribution is -2.49. The van der Waals surface area contributed by atoms with Crippen LogP contribution in [0.25, 0.3) is 0 Å². The molecule has 2 saturated carbocycles. The van der Waals surface area contributed by atoms with Gasteiger partial charge in [-0.3, -0.25) is 0 Å². The summed E-state index contributed by atoms with van der Waals surface area (Å²) in [6.45, 7) is 2.44. The van der Waals surface area contributed by atoms with Crippen LogP contribution >= 0.6 is 0 Å². The molecule has 0 unspecified atom stereocenters. The number of methoxy groups -OCH3 is 1. The standard InChI is InChI=1S/C21H26O/c1-4-15-10-12-18-17-11-9-14-7-5-6-8-16(14)20(17)19(22-3)13-21(15,18)2/h1,5-8,15,17-20H,9-13H2,2-3H3/t15-,17-,18-,19-,20+,21+/m0/s1. The summed E-state index contributed by atoms with van der Waals surface area (Å²) in [6, 6.07) is 9.03. The molecule has 3 aliphatic rings. The van der Waals surface area contributed by atoms with E-state index in [0.29, 0.717) is 17.9 Å². The molecule has 0 spiro atoms. The van der Waals surface area contributed by atoms with Crippen molar-refractivity contribution in [3.8, 4) is 12.3 Å². The third kappa shape index (κ3) is 1.83. The van der Waals surface area contributed by atoms with Crippen molar-refractivity contribution in [1.82, 2.24) is 0 Å². The van der Waals surface area contributed by atoms with Crippen molar-refractivity contribution in [2.24, 2.45) is 23.2 Å². The number of fused-ring (bicyclic) bond motifs is 5. The molecule has 0 N–H and O–H groups in total. The molecule has 0 bridgehead atoms. The molecule has 116 valence electrons. The van der Waals surface area contributed by atoms with Crippen molar-refractivity contribution in [3.63, 3.8) is 0 Å². The van der Waals surface area contributed by atoms with Crippen molar-refractivity contribution < 1.29 is 4.74 Å². The number of benzene rings is 1. The van der Waals surface area contributed by atoms with Gasteiger partial charge in [0.1, 0.15) is 0 Å². The predicted molar refractivity (Wildman–Crippen MR) is 89.6 cm³/mol. The van der Waals surface area contributed by atoms with E-state index in [1.165, 1.54) is 25.7 Å². The molecule has 0 aliphatic heterocycles. The highest BCUT2D eigenvalue weighted by atomic mass is 16.5. The van der Waals surface area contributed by atoms with E-state index in [2.05, 4.69) is 37.1 Å². The van der Waals surface area contributed by atoms with Gasteiger partial charge in [0, 0.05) is 18.9 Å². The lowest BCUT2D eigenvalue weighted by atomic mass is 9.53. The van der Waals surface area contributed by atoms with E-state index in [-0.39, 0.29) is 5.41 Å². The van der Waals surface area contributed by atoms with E-state index >= 15 is 0 Å². The van der Waals surface area contributed by atoms with E-state index in [4.69, 9.17) is 11.2 Å². The van der Waals surface area contributed by atoms with Crippen LogP contribution in [0.15, 0.2) is 24.3 Å².